The molecule has 5 heteroatoms. The number of hydrogen-bond donors (Lipinski definition) is 0. The molecule has 0 bridgehead atoms. The first-order valence-corrected chi connectivity index (χ1v) is 5.07. The quantitative estimate of drug-likeness (QED) is 0.732. The summed E-state index contributed by atoms with van der Waals surface area (Å²) in [5, 5.41) is 0.608. The average Bonchev–Trinajstić information content (AvgIpc) is 2.28. The minimum Gasteiger partial charge on any atom is -0.484 e. The largest absolute Gasteiger partial charge is 0.484 e. The summed E-state index contributed by atoms with van der Waals surface area (Å²) >= 11 is 5.70. The zero-order chi connectivity index (χ0) is 12.0. The van der Waals surface area contributed by atoms with Crippen LogP contribution in [-0.2, 0) is 9.59 Å². The van der Waals surface area contributed by atoms with E-state index in [1.165, 1.54) is 4.90 Å². The second kappa shape index (κ2) is 6.12. The molecule has 1 aromatic carbocycles. The van der Waals surface area contributed by atoms with Crippen LogP contribution in [0.2, 0.25) is 5.02 Å². The normalized spacial score (nSPS) is 9.62. The van der Waals surface area contributed by atoms with Crippen molar-refractivity contribution in [3.8, 4) is 5.75 Å². The minimum absolute atomic E-state index is 0.0722. The van der Waals surface area contributed by atoms with Gasteiger partial charge >= 0.3 is 0 Å². The van der Waals surface area contributed by atoms with Gasteiger partial charge in [-0.15, -0.1) is 0 Å². The van der Waals surface area contributed by atoms with Crippen LogP contribution in [0.1, 0.15) is 0 Å². The van der Waals surface area contributed by atoms with Crippen molar-refractivity contribution in [1.29, 1.82) is 0 Å². The molecule has 0 unspecified atom stereocenters. The van der Waals surface area contributed by atoms with Gasteiger partial charge in [-0.25, -0.2) is 0 Å². The lowest BCUT2D eigenvalue weighted by Gasteiger charge is -2.14. The van der Waals surface area contributed by atoms with Crippen LogP contribution in [0.4, 0.5) is 0 Å². The molecular formula is C11H12ClNO3. The minimum atomic E-state index is -0.248. The molecule has 0 spiro atoms. The van der Waals surface area contributed by atoms with E-state index in [-0.39, 0.29) is 19.1 Å². The third-order valence-corrected chi connectivity index (χ3v) is 2.20. The molecule has 0 fully saturated rings. The molecule has 1 amide bonds. The molecule has 0 aliphatic heterocycles. The Hall–Kier alpha value is -1.55. The van der Waals surface area contributed by atoms with Crippen LogP contribution >= 0.6 is 11.6 Å². The monoisotopic (exact) mass is 241 g/mol. The number of nitrogens with zero attached hydrogens (tertiary/aromatic N) is 1. The van der Waals surface area contributed by atoms with E-state index in [0.717, 1.165) is 0 Å². The van der Waals surface area contributed by atoms with Gasteiger partial charge in [-0.3, -0.25) is 4.79 Å². The Morgan fingerprint density at radius 2 is 2.06 bits per heavy atom. The van der Waals surface area contributed by atoms with Crippen LogP contribution in [0.5, 0.6) is 5.75 Å². The van der Waals surface area contributed by atoms with Gasteiger partial charge < -0.3 is 14.4 Å². The Morgan fingerprint density at radius 3 is 2.62 bits per heavy atom. The Kier molecular flexibility index (Phi) is 4.79. The SMILES string of the molecule is CN(CC=O)C(=O)COc1ccc(Cl)cc1. The van der Waals surface area contributed by atoms with Gasteiger partial charge in [-0.1, -0.05) is 11.6 Å². The van der Waals surface area contributed by atoms with E-state index < -0.39 is 0 Å². The van der Waals surface area contributed by atoms with E-state index in [4.69, 9.17) is 16.3 Å². The Balaban J connectivity index is 2.42. The van der Waals surface area contributed by atoms with Crippen molar-refractivity contribution in [2.45, 2.75) is 0 Å². The highest BCUT2D eigenvalue weighted by molar-refractivity contribution is 6.30. The molecule has 0 saturated carbocycles. The topological polar surface area (TPSA) is 46.6 Å². The summed E-state index contributed by atoms with van der Waals surface area (Å²) in [5.74, 6) is 0.319. The van der Waals surface area contributed by atoms with E-state index in [0.29, 0.717) is 17.1 Å². The van der Waals surface area contributed by atoms with Crippen molar-refractivity contribution in [2.75, 3.05) is 20.2 Å². The number of aldehydes is 1. The third-order valence-electron chi connectivity index (χ3n) is 1.95. The van der Waals surface area contributed by atoms with E-state index in [1.54, 1.807) is 31.3 Å². The molecule has 0 heterocycles. The fourth-order valence-electron chi connectivity index (χ4n) is 1.000. The molecule has 1 aromatic rings. The van der Waals surface area contributed by atoms with Gasteiger partial charge in [-0.2, -0.15) is 0 Å². The van der Waals surface area contributed by atoms with E-state index >= 15 is 0 Å². The Labute approximate surface area is 98.8 Å². The molecule has 0 atom stereocenters. The smallest absolute Gasteiger partial charge is 0.260 e. The second-order valence-corrected chi connectivity index (χ2v) is 3.62. The molecule has 0 aromatic heterocycles. The number of carbonyl (C=O) groups is 2. The standard InChI is InChI=1S/C11H12ClNO3/c1-13(6-7-14)11(15)8-16-10-4-2-9(12)3-5-10/h2-5,7H,6,8H2,1H3. The molecule has 0 radical (unpaired) electrons. The molecule has 0 N–H and O–H groups in total. The van der Waals surface area contributed by atoms with E-state index in [9.17, 15) is 9.59 Å². The predicted octanol–water partition coefficient (Wildman–Crippen LogP) is 1.38. The number of halogens is 1. The number of ether oxygens (including phenoxy) is 1. The first-order chi connectivity index (χ1) is 7.63. The van der Waals surface area contributed by atoms with Crippen molar-refractivity contribution < 1.29 is 14.3 Å². The summed E-state index contributed by atoms with van der Waals surface area (Å²) in [4.78, 5) is 22.9. The van der Waals surface area contributed by atoms with Crippen LogP contribution in [-0.4, -0.2) is 37.3 Å². The first kappa shape index (κ1) is 12.5. The fraction of sp³-hybridized carbons (Fsp3) is 0.273. The van der Waals surface area contributed by atoms with Crippen LogP contribution in [0.25, 0.3) is 0 Å². The van der Waals surface area contributed by atoms with Gasteiger partial charge in [0.05, 0.1) is 6.54 Å². The van der Waals surface area contributed by atoms with Crippen molar-refractivity contribution in [2.24, 2.45) is 0 Å². The summed E-state index contributed by atoms with van der Waals surface area (Å²) in [6.07, 6.45) is 0.667. The average molecular weight is 242 g/mol. The summed E-state index contributed by atoms with van der Waals surface area (Å²) in [6, 6.07) is 6.71. The van der Waals surface area contributed by atoms with E-state index in [2.05, 4.69) is 0 Å². The zero-order valence-electron chi connectivity index (χ0n) is 8.85. The lowest BCUT2D eigenvalue weighted by atomic mass is 10.3. The van der Waals surface area contributed by atoms with Crippen molar-refractivity contribution in [3.05, 3.63) is 29.3 Å². The highest BCUT2D eigenvalue weighted by Crippen LogP contribution is 2.15. The highest BCUT2D eigenvalue weighted by atomic mass is 35.5. The summed E-state index contributed by atoms with van der Waals surface area (Å²) in [5.41, 5.74) is 0. The number of benzene rings is 1. The van der Waals surface area contributed by atoms with Crippen molar-refractivity contribution in [3.63, 3.8) is 0 Å². The number of likely N-dealkylation sites (N-methyl/N-ethyl adjacent to an activating group) is 1. The fourth-order valence-corrected chi connectivity index (χ4v) is 1.13. The highest BCUT2D eigenvalue weighted by Gasteiger charge is 2.08. The maximum Gasteiger partial charge on any atom is 0.260 e. The van der Waals surface area contributed by atoms with Crippen LogP contribution < -0.4 is 4.74 Å². The second-order valence-electron chi connectivity index (χ2n) is 3.18. The van der Waals surface area contributed by atoms with Gasteiger partial charge in [0.2, 0.25) is 0 Å². The van der Waals surface area contributed by atoms with Crippen LogP contribution in [0, 0.1) is 0 Å². The molecule has 1 rings (SSSR count). The van der Waals surface area contributed by atoms with Gasteiger partial charge in [0.25, 0.3) is 5.91 Å². The predicted molar refractivity (Wildman–Crippen MR) is 60.6 cm³/mol. The first-order valence-electron chi connectivity index (χ1n) is 4.69. The van der Waals surface area contributed by atoms with Crippen LogP contribution in [0.15, 0.2) is 24.3 Å². The van der Waals surface area contributed by atoms with Gasteiger partial charge in [-0.05, 0) is 24.3 Å². The molecule has 4 nitrogen and oxygen atoms in total. The summed E-state index contributed by atoms with van der Waals surface area (Å²) in [6.45, 7) is -0.0191. The Morgan fingerprint density at radius 1 is 1.44 bits per heavy atom. The lowest BCUT2D eigenvalue weighted by Crippen LogP contribution is -2.32. The molecular weight excluding hydrogens is 230 g/mol. The molecule has 0 aliphatic rings. The zero-order valence-corrected chi connectivity index (χ0v) is 9.61. The van der Waals surface area contributed by atoms with Crippen molar-refractivity contribution in [1.82, 2.24) is 4.90 Å². The molecule has 0 aliphatic carbocycles. The number of carbonyl (C=O) groups excluding carboxylic acids is 2. The maximum atomic E-state index is 11.4. The lowest BCUT2D eigenvalue weighted by molar-refractivity contribution is -0.133. The third kappa shape index (κ3) is 3.90. The number of amides is 1. The van der Waals surface area contributed by atoms with Crippen molar-refractivity contribution >= 4 is 23.8 Å². The summed E-state index contributed by atoms with van der Waals surface area (Å²) < 4.78 is 5.22. The number of hydrogen-bond acceptors (Lipinski definition) is 3. The van der Waals surface area contributed by atoms with Gasteiger partial charge in [0, 0.05) is 12.1 Å². The molecule has 86 valence electrons. The maximum absolute atomic E-state index is 11.4. The molecule has 16 heavy (non-hydrogen) atoms. The van der Waals surface area contributed by atoms with Gasteiger partial charge in [0.15, 0.2) is 6.61 Å². The number of rotatable bonds is 5. The molecule has 0 saturated heterocycles. The van der Waals surface area contributed by atoms with E-state index in [1.807, 2.05) is 0 Å². The Bertz CT molecular complexity index is 364. The summed E-state index contributed by atoms with van der Waals surface area (Å²) in [7, 11) is 1.54. The van der Waals surface area contributed by atoms with Gasteiger partial charge in [0.1, 0.15) is 12.0 Å². The van der Waals surface area contributed by atoms with Crippen LogP contribution in [0.3, 0.4) is 0 Å².